The van der Waals surface area contributed by atoms with Gasteiger partial charge in [0.25, 0.3) is 0 Å². The van der Waals surface area contributed by atoms with Crippen molar-refractivity contribution in [3.8, 4) is 17.2 Å². The first-order chi connectivity index (χ1) is 8.99. The zero-order chi connectivity index (χ0) is 14.4. The number of nitrogens with zero attached hydrogens (tertiary/aromatic N) is 1. The molecule has 0 aromatic heterocycles. The number of halogens is 1. The molecule has 0 spiro atoms. The molecule has 1 rings (SSSR count). The van der Waals surface area contributed by atoms with Crippen LogP contribution in [0.3, 0.4) is 0 Å². The number of hydrogen-bond acceptors (Lipinski definition) is 5. The lowest BCUT2D eigenvalue weighted by molar-refractivity contribution is 0.0970. The predicted octanol–water partition coefficient (Wildman–Crippen LogP) is 2.53. The Morgan fingerprint density at radius 3 is 2.05 bits per heavy atom. The Kier molecular flexibility index (Phi) is 8.03. The maximum Gasteiger partial charge on any atom is 0.170 e. The first-order valence-corrected chi connectivity index (χ1v) is 6.50. The Morgan fingerprint density at radius 1 is 1.10 bits per heavy atom. The third-order valence-corrected chi connectivity index (χ3v) is 3.13. The maximum atomic E-state index is 11.9. The van der Waals surface area contributed by atoms with E-state index in [-0.39, 0.29) is 47.4 Å². The van der Waals surface area contributed by atoms with Gasteiger partial charge in [-0.3, -0.25) is 4.79 Å². The number of hydrogen-bond donors (Lipinski definition) is 3. The smallest absolute Gasteiger partial charge is 0.170 e. The summed E-state index contributed by atoms with van der Waals surface area (Å²) in [5, 5.41) is 28.4. The molecule has 1 aromatic rings. The topological polar surface area (TPSA) is 81.0 Å². The van der Waals surface area contributed by atoms with Gasteiger partial charge < -0.3 is 20.2 Å². The highest BCUT2D eigenvalue weighted by Crippen LogP contribution is 2.32. The molecule has 0 fully saturated rings. The van der Waals surface area contributed by atoms with Crippen molar-refractivity contribution < 1.29 is 20.1 Å². The second-order valence-electron chi connectivity index (χ2n) is 4.41. The van der Waals surface area contributed by atoms with Crippen LogP contribution in [-0.4, -0.2) is 45.6 Å². The molecule has 5 nitrogen and oxygen atoms in total. The van der Waals surface area contributed by atoms with Gasteiger partial charge >= 0.3 is 0 Å². The zero-order valence-corrected chi connectivity index (χ0v) is 12.6. The standard InChI is InChI=1S/C14H21NO4.ClH/c1-3-15(4-2)7-5-6-11(17)14-12(18)8-10(16)9-13(14)19;/h8-9,16,18-19H,3-7H2,1-2H3;1H. The van der Waals surface area contributed by atoms with Gasteiger partial charge in [-0.15, -0.1) is 12.4 Å². The summed E-state index contributed by atoms with van der Waals surface area (Å²) in [5.74, 6) is -1.35. The summed E-state index contributed by atoms with van der Waals surface area (Å²) in [6, 6.07) is 2.11. The van der Waals surface area contributed by atoms with Gasteiger partial charge in [0.05, 0.1) is 0 Å². The van der Waals surface area contributed by atoms with Crippen molar-refractivity contribution in [1.82, 2.24) is 4.90 Å². The molecule has 0 radical (unpaired) electrons. The molecule has 0 unspecified atom stereocenters. The van der Waals surface area contributed by atoms with Crippen molar-refractivity contribution in [2.45, 2.75) is 26.7 Å². The Bertz CT molecular complexity index is 424. The molecule has 0 heterocycles. The van der Waals surface area contributed by atoms with Crippen molar-refractivity contribution in [3.05, 3.63) is 17.7 Å². The van der Waals surface area contributed by atoms with Crippen LogP contribution in [0.1, 0.15) is 37.0 Å². The molecule has 0 aliphatic heterocycles. The van der Waals surface area contributed by atoms with E-state index in [1.54, 1.807) is 0 Å². The van der Waals surface area contributed by atoms with Crippen LogP contribution >= 0.6 is 12.4 Å². The van der Waals surface area contributed by atoms with Gasteiger partial charge in [0.15, 0.2) is 5.78 Å². The van der Waals surface area contributed by atoms with Crippen molar-refractivity contribution in [2.24, 2.45) is 0 Å². The molecule has 0 aliphatic rings. The highest BCUT2D eigenvalue weighted by molar-refractivity contribution is 6.01. The van der Waals surface area contributed by atoms with E-state index >= 15 is 0 Å². The second-order valence-corrected chi connectivity index (χ2v) is 4.41. The minimum Gasteiger partial charge on any atom is -0.508 e. The number of carbonyl (C=O) groups is 1. The number of phenolic OH excluding ortho intramolecular Hbond substituents is 3. The number of benzene rings is 1. The molecule has 20 heavy (non-hydrogen) atoms. The lowest BCUT2D eigenvalue weighted by Crippen LogP contribution is -2.24. The molecule has 0 amide bonds. The largest absolute Gasteiger partial charge is 0.508 e. The van der Waals surface area contributed by atoms with Crippen LogP contribution in [0.15, 0.2) is 12.1 Å². The molecule has 0 saturated heterocycles. The summed E-state index contributed by atoms with van der Waals surface area (Å²) < 4.78 is 0. The van der Waals surface area contributed by atoms with E-state index in [4.69, 9.17) is 0 Å². The fourth-order valence-corrected chi connectivity index (χ4v) is 2.01. The number of phenols is 3. The average Bonchev–Trinajstić information content (AvgIpc) is 2.33. The van der Waals surface area contributed by atoms with E-state index in [1.807, 2.05) is 0 Å². The van der Waals surface area contributed by atoms with Crippen LogP contribution < -0.4 is 0 Å². The summed E-state index contributed by atoms with van der Waals surface area (Å²) >= 11 is 0. The van der Waals surface area contributed by atoms with Crippen molar-refractivity contribution in [1.29, 1.82) is 0 Å². The maximum absolute atomic E-state index is 11.9. The fraction of sp³-hybridized carbons (Fsp3) is 0.500. The molecule has 1 aromatic carbocycles. The van der Waals surface area contributed by atoms with Crippen LogP contribution in [0.25, 0.3) is 0 Å². The van der Waals surface area contributed by atoms with Crippen molar-refractivity contribution >= 4 is 18.2 Å². The van der Waals surface area contributed by atoms with Crippen LogP contribution in [0, 0.1) is 0 Å². The summed E-state index contributed by atoms with van der Waals surface area (Å²) in [5.41, 5.74) is -0.114. The third-order valence-electron chi connectivity index (χ3n) is 3.13. The van der Waals surface area contributed by atoms with Gasteiger partial charge in [0, 0.05) is 18.6 Å². The highest BCUT2D eigenvalue weighted by atomic mass is 35.5. The minimum atomic E-state index is -0.384. The summed E-state index contributed by atoms with van der Waals surface area (Å²) in [7, 11) is 0. The Hall–Kier alpha value is -1.46. The predicted molar refractivity (Wildman–Crippen MR) is 80.0 cm³/mol. The van der Waals surface area contributed by atoms with Gasteiger partial charge in [-0.05, 0) is 26.1 Å². The molecular weight excluding hydrogens is 282 g/mol. The number of ketones is 1. The Labute approximate surface area is 125 Å². The number of rotatable bonds is 7. The van der Waals surface area contributed by atoms with Gasteiger partial charge in [-0.1, -0.05) is 13.8 Å². The molecule has 114 valence electrons. The van der Waals surface area contributed by atoms with E-state index in [0.717, 1.165) is 31.8 Å². The molecular formula is C14H22ClNO4. The number of carbonyl (C=O) groups excluding carboxylic acids is 1. The molecule has 0 bridgehead atoms. The Balaban J connectivity index is 0.00000361. The van der Waals surface area contributed by atoms with E-state index in [2.05, 4.69) is 18.7 Å². The summed E-state index contributed by atoms with van der Waals surface area (Å²) in [6.45, 7) is 6.78. The van der Waals surface area contributed by atoms with Crippen molar-refractivity contribution in [2.75, 3.05) is 19.6 Å². The first kappa shape index (κ1) is 18.5. The fourth-order valence-electron chi connectivity index (χ4n) is 2.01. The first-order valence-electron chi connectivity index (χ1n) is 6.50. The lowest BCUT2D eigenvalue weighted by atomic mass is 10.0. The lowest BCUT2D eigenvalue weighted by Gasteiger charge is -2.17. The monoisotopic (exact) mass is 303 g/mol. The molecule has 0 saturated carbocycles. The Morgan fingerprint density at radius 2 is 1.60 bits per heavy atom. The van der Waals surface area contributed by atoms with Gasteiger partial charge in [0.2, 0.25) is 0 Å². The van der Waals surface area contributed by atoms with Crippen LogP contribution in [0.2, 0.25) is 0 Å². The second kappa shape index (κ2) is 8.66. The van der Waals surface area contributed by atoms with E-state index < -0.39 is 0 Å². The molecule has 6 heteroatoms. The minimum absolute atomic E-state index is 0. The number of Topliss-reactive ketones (excluding diaryl/α,β-unsaturated/α-hetero) is 1. The highest BCUT2D eigenvalue weighted by Gasteiger charge is 2.17. The van der Waals surface area contributed by atoms with E-state index in [0.29, 0.717) is 6.42 Å². The quantitative estimate of drug-likeness (QED) is 0.674. The molecule has 0 atom stereocenters. The molecule has 0 aliphatic carbocycles. The normalized spacial score (nSPS) is 10.3. The average molecular weight is 304 g/mol. The van der Waals surface area contributed by atoms with Crippen LogP contribution in [0.4, 0.5) is 0 Å². The van der Waals surface area contributed by atoms with Gasteiger partial charge in [-0.2, -0.15) is 0 Å². The molecule has 3 N–H and O–H groups in total. The third kappa shape index (κ3) is 4.90. The summed E-state index contributed by atoms with van der Waals surface area (Å²) in [6.07, 6.45) is 0.919. The van der Waals surface area contributed by atoms with Crippen molar-refractivity contribution in [3.63, 3.8) is 0 Å². The SMILES string of the molecule is CCN(CC)CCCC(=O)c1c(O)cc(O)cc1O.Cl. The van der Waals surface area contributed by atoms with Gasteiger partial charge in [-0.25, -0.2) is 0 Å². The van der Waals surface area contributed by atoms with E-state index in [1.165, 1.54) is 0 Å². The number of aromatic hydroxyl groups is 3. The summed E-state index contributed by atoms with van der Waals surface area (Å²) in [4.78, 5) is 14.1. The van der Waals surface area contributed by atoms with Crippen LogP contribution in [0.5, 0.6) is 17.2 Å². The van der Waals surface area contributed by atoms with E-state index in [9.17, 15) is 20.1 Å². The zero-order valence-electron chi connectivity index (χ0n) is 11.8. The van der Waals surface area contributed by atoms with Crippen LogP contribution in [-0.2, 0) is 0 Å². The van der Waals surface area contributed by atoms with Gasteiger partial charge in [0.1, 0.15) is 22.8 Å².